The van der Waals surface area contributed by atoms with E-state index in [9.17, 15) is 0 Å². The molecule has 0 aromatic rings. The molecule has 1 aliphatic rings. The maximum atomic E-state index is 5.27. The minimum atomic E-state index is 0.619. The summed E-state index contributed by atoms with van der Waals surface area (Å²) in [5, 5.41) is 7.51. The van der Waals surface area contributed by atoms with Crippen LogP contribution in [-0.2, 0) is 0 Å². The zero-order valence-corrected chi connectivity index (χ0v) is 11.4. The second-order valence-electron chi connectivity index (χ2n) is 4.41. The van der Waals surface area contributed by atoms with E-state index < -0.39 is 0 Å². The van der Waals surface area contributed by atoms with Crippen LogP contribution >= 0.6 is 12.2 Å². The number of rotatable bonds is 6. The van der Waals surface area contributed by atoms with Gasteiger partial charge >= 0.3 is 0 Å². The molecule has 94 valence electrons. The van der Waals surface area contributed by atoms with Crippen LogP contribution in [0.4, 0.5) is 0 Å². The molecule has 0 aromatic carbocycles. The van der Waals surface area contributed by atoms with Crippen LogP contribution < -0.4 is 10.6 Å². The van der Waals surface area contributed by atoms with Crippen LogP contribution in [0.15, 0.2) is 0 Å². The van der Waals surface area contributed by atoms with Gasteiger partial charge in [0.2, 0.25) is 0 Å². The van der Waals surface area contributed by atoms with E-state index in [0.717, 1.165) is 31.3 Å². The molecule has 1 rings (SSSR count). The smallest absolute Gasteiger partial charge is 0.166 e. The molecule has 1 saturated carbocycles. The van der Waals surface area contributed by atoms with Crippen molar-refractivity contribution in [3.05, 3.63) is 0 Å². The van der Waals surface area contributed by atoms with E-state index >= 15 is 0 Å². The van der Waals surface area contributed by atoms with Crippen LogP contribution in [-0.4, -0.2) is 42.2 Å². The Balaban J connectivity index is 2.05. The SMILES string of the molecule is CCN(CC)CCNC(=S)NC1CCCC1. The highest BCUT2D eigenvalue weighted by molar-refractivity contribution is 7.80. The lowest BCUT2D eigenvalue weighted by Gasteiger charge is -2.20. The summed E-state index contributed by atoms with van der Waals surface area (Å²) in [4.78, 5) is 2.39. The third-order valence-corrected chi connectivity index (χ3v) is 3.56. The van der Waals surface area contributed by atoms with E-state index in [4.69, 9.17) is 12.2 Å². The van der Waals surface area contributed by atoms with E-state index in [2.05, 4.69) is 29.4 Å². The van der Waals surface area contributed by atoms with Crippen molar-refractivity contribution in [2.45, 2.75) is 45.6 Å². The molecular formula is C12H25N3S. The van der Waals surface area contributed by atoms with E-state index in [-0.39, 0.29) is 0 Å². The fourth-order valence-corrected chi connectivity index (χ4v) is 2.44. The minimum absolute atomic E-state index is 0.619. The quantitative estimate of drug-likeness (QED) is 0.695. The highest BCUT2D eigenvalue weighted by atomic mass is 32.1. The van der Waals surface area contributed by atoms with Crippen molar-refractivity contribution < 1.29 is 0 Å². The van der Waals surface area contributed by atoms with Gasteiger partial charge in [0.05, 0.1) is 0 Å². The zero-order valence-electron chi connectivity index (χ0n) is 10.6. The Morgan fingerprint density at radius 3 is 2.44 bits per heavy atom. The van der Waals surface area contributed by atoms with Gasteiger partial charge in [0.25, 0.3) is 0 Å². The lowest BCUT2D eigenvalue weighted by Crippen LogP contribution is -2.43. The van der Waals surface area contributed by atoms with Crippen molar-refractivity contribution >= 4 is 17.3 Å². The van der Waals surface area contributed by atoms with Gasteiger partial charge in [-0.05, 0) is 38.1 Å². The molecule has 16 heavy (non-hydrogen) atoms. The minimum Gasteiger partial charge on any atom is -0.361 e. The molecular weight excluding hydrogens is 218 g/mol. The molecule has 0 aromatic heterocycles. The molecule has 0 amide bonds. The molecule has 2 N–H and O–H groups in total. The summed E-state index contributed by atoms with van der Waals surface area (Å²) in [7, 11) is 0. The van der Waals surface area contributed by atoms with E-state index in [1.165, 1.54) is 25.7 Å². The van der Waals surface area contributed by atoms with Gasteiger partial charge in [0.1, 0.15) is 0 Å². The van der Waals surface area contributed by atoms with Gasteiger partial charge in [0.15, 0.2) is 5.11 Å². The predicted molar refractivity (Wildman–Crippen MR) is 73.8 cm³/mol. The summed E-state index contributed by atoms with van der Waals surface area (Å²) in [6.07, 6.45) is 5.25. The van der Waals surface area contributed by atoms with Gasteiger partial charge in [-0.25, -0.2) is 0 Å². The van der Waals surface area contributed by atoms with Gasteiger partial charge in [-0.2, -0.15) is 0 Å². The molecule has 4 heteroatoms. The van der Waals surface area contributed by atoms with Crippen LogP contribution in [0, 0.1) is 0 Å². The summed E-state index contributed by atoms with van der Waals surface area (Å²) in [6, 6.07) is 0.619. The monoisotopic (exact) mass is 243 g/mol. The summed E-state index contributed by atoms with van der Waals surface area (Å²) < 4.78 is 0. The van der Waals surface area contributed by atoms with Crippen LogP contribution in [0.25, 0.3) is 0 Å². The topological polar surface area (TPSA) is 27.3 Å². The molecule has 0 heterocycles. The Bertz CT molecular complexity index is 198. The third kappa shape index (κ3) is 5.12. The Kier molecular flexibility index (Phi) is 6.73. The molecule has 0 bridgehead atoms. The second kappa shape index (κ2) is 7.85. The fraction of sp³-hybridized carbons (Fsp3) is 0.917. The van der Waals surface area contributed by atoms with E-state index in [1.807, 2.05) is 0 Å². The van der Waals surface area contributed by atoms with Gasteiger partial charge in [0, 0.05) is 19.1 Å². The first kappa shape index (κ1) is 13.7. The Morgan fingerprint density at radius 1 is 1.25 bits per heavy atom. The number of likely N-dealkylation sites (N-methyl/N-ethyl adjacent to an activating group) is 1. The molecule has 0 radical (unpaired) electrons. The molecule has 0 unspecified atom stereocenters. The van der Waals surface area contributed by atoms with E-state index in [1.54, 1.807) is 0 Å². The summed E-state index contributed by atoms with van der Waals surface area (Å²) in [6.45, 7) is 8.62. The van der Waals surface area contributed by atoms with Crippen molar-refractivity contribution in [2.75, 3.05) is 26.2 Å². The molecule has 3 nitrogen and oxygen atoms in total. The highest BCUT2D eigenvalue weighted by Crippen LogP contribution is 2.17. The maximum absolute atomic E-state index is 5.27. The van der Waals surface area contributed by atoms with Crippen LogP contribution in [0.2, 0.25) is 0 Å². The lowest BCUT2D eigenvalue weighted by atomic mass is 10.3. The molecule has 1 aliphatic carbocycles. The van der Waals surface area contributed by atoms with Crippen LogP contribution in [0.3, 0.4) is 0 Å². The fourth-order valence-electron chi connectivity index (χ4n) is 2.17. The van der Waals surface area contributed by atoms with Gasteiger partial charge in [-0.1, -0.05) is 26.7 Å². The van der Waals surface area contributed by atoms with Crippen molar-refractivity contribution in [2.24, 2.45) is 0 Å². The number of nitrogens with one attached hydrogen (secondary N) is 2. The van der Waals surface area contributed by atoms with Crippen LogP contribution in [0.5, 0.6) is 0 Å². The Morgan fingerprint density at radius 2 is 1.88 bits per heavy atom. The van der Waals surface area contributed by atoms with Gasteiger partial charge in [-0.3, -0.25) is 0 Å². The van der Waals surface area contributed by atoms with Crippen molar-refractivity contribution in [3.8, 4) is 0 Å². The first-order chi connectivity index (χ1) is 7.76. The third-order valence-electron chi connectivity index (χ3n) is 3.30. The summed E-state index contributed by atoms with van der Waals surface area (Å²) in [5.41, 5.74) is 0. The van der Waals surface area contributed by atoms with Crippen molar-refractivity contribution in [1.82, 2.24) is 15.5 Å². The normalized spacial score (nSPS) is 16.7. The zero-order chi connectivity index (χ0) is 11.8. The lowest BCUT2D eigenvalue weighted by molar-refractivity contribution is 0.308. The predicted octanol–water partition coefficient (Wildman–Crippen LogP) is 1.73. The highest BCUT2D eigenvalue weighted by Gasteiger charge is 2.15. The molecule has 0 atom stereocenters. The molecule has 1 fully saturated rings. The van der Waals surface area contributed by atoms with Gasteiger partial charge in [-0.15, -0.1) is 0 Å². The van der Waals surface area contributed by atoms with Crippen molar-refractivity contribution in [1.29, 1.82) is 0 Å². The number of hydrogen-bond acceptors (Lipinski definition) is 2. The second-order valence-corrected chi connectivity index (χ2v) is 4.82. The molecule has 0 aliphatic heterocycles. The van der Waals surface area contributed by atoms with Gasteiger partial charge < -0.3 is 15.5 Å². The Hall–Kier alpha value is -0.350. The number of nitrogens with zero attached hydrogens (tertiary/aromatic N) is 1. The average Bonchev–Trinajstić information content (AvgIpc) is 2.77. The summed E-state index contributed by atoms with van der Waals surface area (Å²) in [5.74, 6) is 0. The van der Waals surface area contributed by atoms with Crippen molar-refractivity contribution in [3.63, 3.8) is 0 Å². The maximum Gasteiger partial charge on any atom is 0.166 e. The average molecular weight is 243 g/mol. The van der Waals surface area contributed by atoms with Crippen LogP contribution in [0.1, 0.15) is 39.5 Å². The first-order valence-corrected chi connectivity index (χ1v) is 6.93. The van der Waals surface area contributed by atoms with E-state index in [0.29, 0.717) is 6.04 Å². The summed E-state index contributed by atoms with van der Waals surface area (Å²) >= 11 is 5.27. The Labute approximate surface area is 105 Å². The standard InChI is InChI=1S/C12H25N3S/c1-3-15(4-2)10-9-13-12(16)14-11-7-5-6-8-11/h11H,3-10H2,1-2H3,(H2,13,14,16). The number of thiocarbonyl (C=S) groups is 1. The molecule has 0 saturated heterocycles. The molecule has 0 spiro atoms. The first-order valence-electron chi connectivity index (χ1n) is 6.53. The number of hydrogen-bond donors (Lipinski definition) is 2. The largest absolute Gasteiger partial charge is 0.361 e.